The van der Waals surface area contributed by atoms with Gasteiger partial charge in [0.05, 0.1) is 13.2 Å². The van der Waals surface area contributed by atoms with E-state index in [0.29, 0.717) is 0 Å². The first-order chi connectivity index (χ1) is 9.74. The fourth-order valence-corrected chi connectivity index (χ4v) is 3.04. The second-order valence-corrected chi connectivity index (χ2v) is 5.53. The number of esters is 1. The van der Waals surface area contributed by atoms with Gasteiger partial charge < -0.3 is 14.5 Å². The lowest BCUT2D eigenvalue weighted by molar-refractivity contribution is 0.0561. The van der Waals surface area contributed by atoms with Crippen molar-refractivity contribution in [2.24, 2.45) is 5.92 Å². The third-order valence-corrected chi connectivity index (χ3v) is 4.15. The third kappa shape index (κ3) is 3.85. The van der Waals surface area contributed by atoms with Gasteiger partial charge in [-0.05, 0) is 37.4 Å². The van der Waals surface area contributed by atoms with Crippen molar-refractivity contribution in [2.75, 3.05) is 13.7 Å². The standard InChI is InChI=1S/C16H25NO3/c1-3-17-13(9-8-12-6-4-5-7-12)14-10-11-15(20-14)16(18)19-2/h10-13,17H,3-9H2,1-2H3. The van der Waals surface area contributed by atoms with Crippen LogP contribution < -0.4 is 5.32 Å². The van der Waals surface area contributed by atoms with E-state index in [2.05, 4.69) is 17.0 Å². The molecule has 1 N–H and O–H groups in total. The van der Waals surface area contributed by atoms with Gasteiger partial charge in [-0.3, -0.25) is 0 Å². The van der Waals surface area contributed by atoms with Gasteiger partial charge in [0.2, 0.25) is 5.76 Å². The third-order valence-electron chi connectivity index (χ3n) is 4.15. The van der Waals surface area contributed by atoms with Gasteiger partial charge in [0.15, 0.2) is 0 Å². The van der Waals surface area contributed by atoms with Gasteiger partial charge in [-0.15, -0.1) is 0 Å². The molecule has 1 fully saturated rings. The van der Waals surface area contributed by atoms with Crippen LogP contribution in [0.2, 0.25) is 0 Å². The molecule has 2 rings (SSSR count). The number of ether oxygens (including phenoxy) is 1. The molecule has 112 valence electrons. The van der Waals surface area contributed by atoms with Crippen LogP contribution in [-0.2, 0) is 4.74 Å². The zero-order valence-corrected chi connectivity index (χ0v) is 12.5. The molecular weight excluding hydrogens is 254 g/mol. The molecule has 0 saturated heterocycles. The van der Waals surface area contributed by atoms with E-state index in [0.717, 1.165) is 24.6 Å². The van der Waals surface area contributed by atoms with Crippen LogP contribution in [0.25, 0.3) is 0 Å². The maximum Gasteiger partial charge on any atom is 0.373 e. The molecule has 20 heavy (non-hydrogen) atoms. The molecule has 4 heteroatoms. The number of methoxy groups -OCH3 is 1. The monoisotopic (exact) mass is 279 g/mol. The van der Waals surface area contributed by atoms with Crippen molar-refractivity contribution in [3.05, 3.63) is 23.7 Å². The topological polar surface area (TPSA) is 51.5 Å². The number of rotatable bonds is 7. The molecule has 0 radical (unpaired) electrons. The van der Waals surface area contributed by atoms with E-state index in [1.807, 2.05) is 6.07 Å². The highest BCUT2D eigenvalue weighted by Gasteiger charge is 2.21. The molecule has 1 unspecified atom stereocenters. The van der Waals surface area contributed by atoms with E-state index < -0.39 is 5.97 Å². The van der Waals surface area contributed by atoms with Gasteiger partial charge in [0, 0.05) is 0 Å². The minimum atomic E-state index is -0.415. The van der Waals surface area contributed by atoms with Crippen LogP contribution in [0.3, 0.4) is 0 Å². The molecule has 1 atom stereocenters. The second-order valence-electron chi connectivity index (χ2n) is 5.53. The van der Waals surface area contributed by atoms with Crippen molar-refractivity contribution in [3.63, 3.8) is 0 Å². The number of furan rings is 1. The Morgan fingerprint density at radius 1 is 1.45 bits per heavy atom. The molecule has 1 heterocycles. The predicted octanol–water partition coefficient (Wildman–Crippen LogP) is 3.69. The van der Waals surface area contributed by atoms with Crippen LogP contribution in [0.1, 0.15) is 67.8 Å². The Hall–Kier alpha value is -1.29. The van der Waals surface area contributed by atoms with Crippen molar-refractivity contribution < 1.29 is 13.9 Å². The summed E-state index contributed by atoms with van der Waals surface area (Å²) >= 11 is 0. The number of hydrogen-bond acceptors (Lipinski definition) is 4. The molecule has 1 aromatic rings. The lowest BCUT2D eigenvalue weighted by Crippen LogP contribution is -2.21. The Bertz CT molecular complexity index is 421. The summed E-state index contributed by atoms with van der Waals surface area (Å²) in [7, 11) is 1.37. The number of carbonyl (C=O) groups excluding carboxylic acids is 1. The van der Waals surface area contributed by atoms with E-state index in [1.165, 1.54) is 39.2 Å². The highest BCUT2D eigenvalue weighted by Crippen LogP contribution is 2.31. The van der Waals surface area contributed by atoms with Gasteiger partial charge in [0.1, 0.15) is 5.76 Å². The molecule has 0 spiro atoms. The summed E-state index contributed by atoms with van der Waals surface area (Å²) in [6.45, 7) is 2.98. The van der Waals surface area contributed by atoms with Gasteiger partial charge >= 0.3 is 5.97 Å². The Labute approximate surface area is 120 Å². The van der Waals surface area contributed by atoms with Crippen molar-refractivity contribution in [2.45, 2.75) is 51.5 Å². The molecule has 1 aliphatic rings. The molecule has 0 aliphatic heterocycles. The maximum absolute atomic E-state index is 11.4. The van der Waals surface area contributed by atoms with Crippen molar-refractivity contribution in [1.82, 2.24) is 5.32 Å². The number of carbonyl (C=O) groups is 1. The van der Waals surface area contributed by atoms with Crippen LogP contribution in [0.4, 0.5) is 0 Å². The molecule has 0 bridgehead atoms. The molecule has 1 saturated carbocycles. The second kappa shape index (κ2) is 7.48. The Balaban J connectivity index is 1.95. The van der Waals surface area contributed by atoms with Crippen molar-refractivity contribution in [1.29, 1.82) is 0 Å². The highest BCUT2D eigenvalue weighted by atomic mass is 16.5. The number of nitrogens with one attached hydrogen (secondary N) is 1. The van der Waals surface area contributed by atoms with Crippen LogP contribution in [0, 0.1) is 5.92 Å². The summed E-state index contributed by atoms with van der Waals surface area (Å²) < 4.78 is 10.3. The molecule has 0 aromatic carbocycles. The fraction of sp³-hybridized carbons (Fsp3) is 0.688. The highest BCUT2D eigenvalue weighted by molar-refractivity contribution is 5.86. The average Bonchev–Trinajstić information content (AvgIpc) is 3.13. The van der Waals surface area contributed by atoms with Gasteiger partial charge in [0.25, 0.3) is 0 Å². The summed E-state index contributed by atoms with van der Waals surface area (Å²) in [6, 6.07) is 3.77. The van der Waals surface area contributed by atoms with Gasteiger partial charge in [-0.1, -0.05) is 32.6 Å². The zero-order valence-electron chi connectivity index (χ0n) is 12.5. The van der Waals surface area contributed by atoms with Crippen LogP contribution in [0.5, 0.6) is 0 Å². The zero-order chi connectivity index (χ0) is 14.4. The average molecular weight is 279 g/mol. The molecule has 4 nitrogen and oxygen atoms in total. The van der Waals surface area contributed by atoms with Crippen molar-refractivity contribution >= 4 is 5.97 Å². The smallest absolute Gasteiger partial charge is 0.373 e. The summed E-state index contributed by atoms with van der Waals surface area (Å²) in [5.41, 5.74) is 0. The summed E-state index contributed by atoms with van der Waals surface area (Å²) in [4.78, 5) is 11.4. The van der Waals surface area contributed by atoms with E-state index in [1.54, 1.807) is 6.07 Å². The minimum absolute atomic E-state index is 0.194. The first-order valence-electron chi connectivity index (χ1n) is 7.66. The van der Waals surface area contributed by atoms with Gasteiger partial charge in [-0.25, -0.2) is 4.79 Å². The quantitative estimate of drug-likeness (QED) is 0.773. The fourth-order valence-electron chi connectivity index (χ4n) is 3.04. The molecule has 1 aromatic heterocycles. The summed E-state index contributed by atoms with van der Waals surface area (Å²) in [5, 5.41) is 3.45. The lowest BCUT2D eigenvalue weighted by atomic mass is 9.97. The summed E-state index contributed by atoms with van der Waals surface area (Å²) in [6.07, 6.45) is 7.78. The lowest BCUT2D eigenvalue weighted by Gasteiger charge is -2.17. The largest absolute Gasteiger partial charge is 0.463 e. The Morgan fingerprint density at radius 3 is 2.85 bits per heavy atom. The Kier molecular flexibility index (Phi) is 5.65. The van der Waals surface area contributed by atoms with E-state index in [-0.39, 0.29) is 11.8 Å². The summed E-state index contributed by atoms with van der Waals surface area (Å²) in [5.74, 6) is 1.57. The van der Waals surface area contributed by atoms with E-state index in [4.69, 9.17) is 4.42 Å². The molecule has 1 aliphatic carbocycles. The van der Waals surface area contributed by atoms with Crippen molar-refractivity contribution in [3.8, 4) is 0 Å². The predicted molar refractivity (Wildman–Crippen MR) is 77.7 cm³/mol. The maximum atomic E-state index is 11.4. The van der Waals surface area contributed by atoms with Crippen LogP contribution in [-0.4, -0.2) is 19.6 Å². The van der Waals surface area contributed by atoms with E-state index >= 15 is 0 Å². The van der Waals surface area contributed by atoms with E-state index in [9.17, 15) is 4.79 Å². The first-order valence-corrected chi connectivity index (χ1v) is 7.66. The van der Waals surface area contributed by atoms with Gasteiger partial charge in [-0.2, -0.15) is 0 Å². The Morgan fingerprint density at radius 2 is 2.20 bits per heavy atom. The normalized spacial score (nSPS) is 17.3. The van der Waals surface area contributed by atoms with Crippen LogP contribution >= 0.6 is 0 Å². The number of hydrogen-bond donors (Lipinski definition) is 1. The first kappa shape index (κ1) is 15.1. The van der Waals surface area contributed by atoms with Crippen LogP contribution in [0.15, 0.2) is 16.5 Å². The SMILES string of the molecule is CCNC(CCC1CCCC1)c1ccc(C(=O)OC)o1. The molecular formula is C16H25NO3. The molecule has 0 amide bonds. The minimum Gasteiger partial charge on any atom is -0.463 e.